The van der Waals surface area contributed by atoms with Gasteiger partial charge in [-0.05, 0) is 48.9 Å². The lowest BCUT2D eigenvalue weighted by molar-refractivity contribution is -0.144. The van der Waals surface area contributed by atoms with E-state index in [1.165, 1.54) is 11.3 Å². The summed E-state index contributed by atoms with van der Waals surface area (Å²) in [6, 6.07) is 16.3. The molecule has 1 heterocycles. The van der Waals surface area contributed by atoms with E-state index in [1.54, 1.807) is 17.0 Å². The Kier molecular flexibility index (Phi) is 9.55. The van der Waals surface area contributed by atoms with E-state index < -0.39 is 6.04 Å². The second-order valence-corrected chi connectivity index (χ2v) is 11.9. The van der Waals surface area contributed by atoms with Gasteiger partial charge in [-0.3, -0.25) is 24.1 Å². The summed E-state index contributed by atoms with van der Waals surface area (Å²) in [5, 5.41) is 3.78. The lowest BCUT2D eigenvalue weighted by Gasteiger charge is -2.34. The van der Waals surface area contributed by atoms with Crippen LogP contribution in [0.2, 0.25) is 5.02 Å². The molecular formula is C33H38ClN3O4. The zero-order valence-electron chi connectivity index (χ0n) is 23.3. The van der Waals surface area contributed by atoms with E-state index in [2.05, 4.69) is 5.32 Å². The van der Waals surface area contributed by atoms with Crippen LogP contribution >= 0.6 is 11.6 Å². The van der Waals surface area contributed by atoms with Gasteiger partial charge < -0.3 is 10.2 Å². The minimum absolute atomic E-state index is 0.0118. The molecule has 2 fully saturated rings. The van der Waals surface area contributed by atoms with Crippen LogP contribution in [-0.2, 0) is 32.1 Å². The number of hydrogen-bond acceptors (Lipinski definition) is 4. The molecule has 0 spiro atoms. The average Bonchev–Trinajstić information content (AvgIpc) is 3.23. The fraction of sp³-hybridized carbons (Fsp3) is 0.455. The quantitative estimate of drug-likeness (QED) is 0.316. The Labute approximate surface area is 246 Å². The van der Waals surface area contributed by atoms with Crippen molar-refractivity contribution in [1.82, 2.24) is 15.1 Å². The summed E-state index contributed by atoms with van der Waals surface area (Å²) >= 11 is 6.28. The van der Waals surface area contributed by atoms with Crippen LogP contribution in [0.25, 0.3) is 0 Å². The predicted octanol–water partition coefficient (Wildman–Crippen LogP) is 5.07. The van der Waals surface area contributed by atoms with E-state index >= 15 is 0 Å². The maximum atomic E-state index is 14.0. The van der Waals surface area contributed by atoms with Crippen molar-refractivity contribution in [1.29, 1.82) is 0 Å². The number of benzene rings is 2. The van der Waals surface area contributed by atoms with E-state index in [0.717, 1.165) is 36.8 Å². The first-order valence-electron chi connectivity index (χ1n) is 14.8. The number of carbonyl (C=O) groups is 4. The highest BCUT2D eigenvalue weighted by Gasteiger charge is 2.47. The smallest absolute Gasteiger partial charge is 0.243 e. The third-order valence-electron chi connectivity index (χ3n) is 8.61. The van der Waals surface area contributed by atoms with Gasteiger partial charge in [0, 0.05) is 37.0 Å². The highest BCUT2D eigenvalue weighted by Crippen LogP contribution is 2.35. The van der Waals surface area contributed by atoms with Gasteiger partial charge in [0.2, 0.25) is 23.6 Å². The zero-order valence-corrected chi connectivity index (χ0v) is 24.1. The molecule has 2 aliphatic carbocycles. The zero-order chi connectivity index (χ0) is 28.8. The Morgan fingerprint density at radius 3 is 2.22 bits per heavy atom. The molecule has 1 saturated carbocycles. The third kappa shape index (κ3) is 7.07. The van der Waals surface area contributed by atoms with Gasteiger partial charge in [-0.25, -0.2) is 0 Å². The largest absolute Gasteiger partial charge is 0.352 e. The molecule has 3 aliphatic rings. The van der Waals surface area contributed by atoms with Crippen molar-refractivity contribution in [3.8, 4) is 0 Å². The second-order valence-electron chi connectivity index (χ2n) is 11.4. The Morgan fingerprint density at radius 2 is 1.56 bits per heavy atom. The van der Waals surface area contributed by atoms with Crippen molar-refractivity contribution in [3.63, 3.8) is 0 Å². The van der Waals surface area contributed by atoms with Crippen molar-refractivity contribution in [2.75, 3.05) is 6.54 Å². The van der Waals surface area contributed by atoms with Crippen LogP contribution in [0.5, 0.6) is 0 Å². The Hall–Kier alpha value is -3.45. The summed E-state index contributed by atoms with van der Waals surface area (Å²) in [5.41, 5.74) is 1.75. The second kappa shape index (κ2) is 13.5. The molecular weight excluding hydrogens is 538 g/mol. The molecule has 1 unspecified atom stereocenters. The Bertz CT molecular complexity index is 1260. The van der Waals surface area contributed by atoms with Crippen LogP contribution < -0.4 is 5.32 Å². The van der Waals surface area contributed by atoms with Crippen LogP contribution in [0.15, 0.2) is 66.7 Å². The minimum Gasteiger partial charge on any atom is -0.352 e. The van der Waals surface area contributed by atoms with E-state index in [-0.39, 0.29) is 61.0 Å². The molecule has 1 aliphatic heterocycles. The van der Waals surface area contributed by atoms with Crippen LogP contribution in [0, 0.1) is 11.8 Å². The standard InChI is InChI=1S/C33H38ClN3O4/c34-25-13-9-12-24(20-25)22-37(30(38)18-19-36-32(40)27-16-7-8-17-28(27)33(36)41)29(21-23-10-3-1-4-11-23)31(39)35-26-14-5-2-6-15-26/h1,3-4,7-13,20,26-29H,2,5-6,14-19,21-22H2,(H,35,39)/t27-,28+,29?. The maximum absolute atomic E-state index is 14.0. The highest BCUT2D eigenvalue weighted by molar-refractivity contribution is 6.30. The lowest BCUT2D eigenvalue weighted by atomic mass is 9.85. The normalized spacial score (nSPS) is 21.4. The fourth-order valence-corrected chi connectivity index (χ4v) is 6.58. The van der Waals surface area contributed by atoms with E-state index in [9.17, 15) is 19.2 Å². The van der Waals surface area contributed by atoms with Crippen LogP contribution in [0.1, 0.15) is 62.5 Å². The number of allylic oxidation sites excluding steroid dienone is 2. The number of carbonyl (C=O) groups excluding carboxylic acids is 4. The van der Waals surface area contributed by atoms with Crippen LogP contribution in [0.3, 0.4) is 0 Å². The van der Waals surface area contributed by atoms with Crippen LogP contribution in [-0.4, -0.2) is 52.1 Å². The summed E-state index contributed by atoms with van der Waals surface area (Å²) in [5.74, 6) is -1.53. The molecule has 0 radical (unpaired) electrons. The molecule has 1 N–H and O–H groups in total. The summed E-state index contributed by atoms with van der Waals surface area (Å²) in [6.07, 6.45) is 10.5. The maximum Gasteiger partial charge on any atom is 0.243 e. The molecule has 1 saturated heterocycles. The summed E-state index contributed by atoms with van der Waals surface area (Å²) in [6.45, 7) is 0.198. The van der Waals surface area contributed by atoms with E-state index in [1.807, 2.05) is 54.6 Å². The monoisotopic (exact) mass is 575 g/mol. The molecule has 0 aromatic heterocycles. The van der Waals surface area contributed by atoms with Gasteiger partial charge in [0.25, 0.3) is 0 Å². The number of halogens is 1. The number of amides is 4. The fourth-order valence-electron chi connectivity index (χ4n) is 6.37. The molecule has 8 heteroatoms. The number of hydrogen-bond donors (Lipinski definition) is 1. The van der Waals surface area contributed by atoms with Gasteiger partial charge >= 0.3 is 0 Å². The first-order chi connectivity index (χ1) is 19.9. The lowest BCUT2D eigenvalue weighted by Crippen LogP contribution is -2.53. The minimum atomic E-state index is -0.762. The first kappa shape index (κ1) is 29.1. The molecule has 216 valence electrons. The summed E-state index contributed by atoms with van der Waals surface area (Å²) < 4.78 is 0. The van der Waals surface area contributed by atoms with Gasteiger partial charge in [0.05, 0.1) is 11.8 Å². The van der Waals surface area contributed by atoms with Crippen molar-refractivity contribution >= 4 is 35.2 Å². The molecule has 5 rings (SSSR count). The number of rotatable bonds is 10. The Balaban J connectivity index is 1.39. The van der Waals surface area contributed by atoms with Crippen molar-refractivity contribution in [3.05, 3.63) is 82.9 Å². The number of nitrogens with zero attached hydrogens (tertiary/aromatic N) is 2. The number of nitrogens with one attached hydrogen (secondary N) is 1. The molecule has 41 heavy (non-hydrogen) atoms. The van der Waals surface area contributed by atoms with E-state index in [4.69, 9.17) is 11.6 Å². The van der Waals surface area contributed by atoms with Gasteiger partial charge in [0.1, 0.15) is 6.04 Å². The van der Waals surface area contributed by atoms with Crippen molar-refractivity contribution in [2.45, 2.75) is 76.4 Å². The predicted molar refractivity (Wildman–Crippen MR) is 158 cm³/mol. The number of fused-ring (bicyclic) bond motifs is 1. The van der Waals surface area contributed by atoms with Gasteiger partial charge in [-0.1, -0.05) is 85.5 Å². The third-order valence-corrected chi connectivity index (χ3v) is 8.85. The highest BCUT2D eigenvalue weighted by atomic mass is 35.5. The summed E-state index contributed by atoms with van der Waals surface area (Å²) in [4.78, 5) is 56.8. The van der Waals surface area contributed by atoms with Crippen molar-refractivity contribution < 1.29 is 19.2 Å². The first-order valence-corrected chi connectivity index (χ1v) is 15.2. The molecule has 3 atom stereocenters. The molecule has 0 bridgehead atoms. The SMILES string of the molecule is O=C(NC1CCCCC1)C(Cc1ccccc1)N(Cc1cccc(Cl)c1)C(=O)CCN1C(=O)[C@H]2CC=CC[C@H]2C1=O. The number of likely N-dealkylation sites (tertiary alicyclic amines) is 1. The molecule has 2 aromatic carbocycles. The average molecular weight is 576 g/mol. The van der Waals surface area contributed by atoms with Crippen molar-refractivity contribution in [2.24, 2.45) is 11.8 Å². The summed E-state index contributed by atoms with van der Waals surface area (Å²) in [7, 11) is 0. The molecule has 4 amide bonds. The number of imide groups is 1. The van der Waals surface area contributed by atoms with Crippen LogP contribution in [0.4, 0.5) is 0 Å². The Morgan fingerprint density at radius 1 is 0.902 bits per heavy atom. The van der Waals surface area contributed by atoms with Gasteiger partial charge in [-0.15, -0.1) is 0 Å². The molecule has 2 aromatic rings. The topological polar surface area (TPSA) is 86.8 Å². The molecule has 7 nitrogen and oxygen atoms in total. The van der Waals surface area contributed by atoms with Gasteiger partial charge in [0.15, 0.2) is 0 Å². The van der Waals surface area contributed by atoms with Gasteiger partial charge in [-0.2, -0.15) is 0 Å². The van der Waals surface area contributed by atoms with E-state index in [0.29, 0.717) is 24.3 Å².